The van der Waals surface area contributed by atoms with Crippen molar-refractivity contribution >= 4 is 33.6 Å². The molecule has 0 saturated heterocycles. The molecule has 3 rings (SSSR count). The molecule has 0 spiro atoms. The van der Waals surface area contributed by atoms with Gasteiger partial charge >= 0.3 is 0 Å². The van der Waals surface area contributed by atoms with E-state index in [1.165, 1.54) is 27.3 Å². The first-order valence-electron chi connectivity index (χ1n) is 9.36. The molecule has 6 heteroatoms. The zero-order chi connectivity index (χ0) is 19.9. The first kappa shape index (κ1) is 20.3. The topological polar surface area (TPSA) is 69.5 Å². The number of benzene rings is 1. The van der Waals surface area contributed by atoms with E-state index in [0.717, 1.165) is 6.42 Å². The van der Waals surface area contributed by atoms with Crippen LogP contribution in [0.1, 0.15) is 53.8 Å². The van der Waals surface area contributed by atoms with Crippen molar-refractivity contribution in [2.24, 2.45) is 0 Å². The highest BCUT2D eigenvalue weighted by atomic mass is 32.1. The Hall–Kier alpha value is -2.46. The fourth-order valence-corrected chi connectivity index (χ4v) is 4.65. The van der Waals surface area contributed by atoms with E-state index in [1.807, 2.05) is 11.4 Å². The second-order valence-corrected chi connectivity index (χ2v) is 8.63. The van der Waals surface area contributed by atoms with E-state index < -0.39 is 0 Å². The summed E-state index contributed by atoms with van der Waals surface area (Å²) in [7, 11) is 0. The van der Waals surface area contributed by atoms with E-state index in [0.29, 0.717) is 23.0 Å². The number of nitrogens with one attached hydrogen (secondary N) is 1. The highest BCUT2D eigenvalue weighted by Gasteiger charge is 2.21. The summed E-state index contributed by atoms with van der Waals surface area (Å²) < 4.78 is 0. The van der Waals surface area contributed by atoms with Crippen LogP contribution in [0, 0.1) is 11.3 Å². The number of nitriles is 1. The van der Waals surface area contributed by atoms with E-state index >= 15 is 0 Å². The third-order valence-corrected chi connectivity index (χ3v) is 6.69. The molecule has 0 fully saturated rings. The van der Waals surface area contributed by atoms with Crippen LogP contribution >= 0.6 is 22.7 Å². The molecular weight excluding hydrogens is 386 g/mol. The summed E-state index contributed by atoms with van der Waals surface area (Å²) in [6, 6.07) is 16.8. The zero-order valence-corrected chi connectivity index (χ0v) is 17.6. The van der Waals surface area contributed by atoms with Gasteiger partial charge in [0, 0.05) is 5.56 Å². The summed E-state index contributed by atoms with van der Waals surface area (Å²) in [5, 5.41) is 18.5. The Morgan fingerprint density at radius 1 is 1.14 bits per heavy atom. The Kier molecular flexibility index (Phi) is 6.99. The number of hydrogen-bond donors (Lipinski definition) is 2. The number of amides is 1. The number of carbonyl (C=O) groups excluding carboxylic acids is 1. The van der Waals surface area contributed by atoms with Gasteiger partial charge in [-0.15, -0.1) is 22.7 Å². The molecule has 1 aromatic carbocycles. The summed E-state index contributed by atoms with van der Waals surface area (Å²) in [6.07, 6.45) is 1.12. The fraction of sp³-hybridized carbons (Fsp3) is 0.273. The molecule has 0 saturated carbocycles. The Morgan fingerprint density at radius 2 is 1.89 bits per heavy atom. The number of nitrogens with two attached hydrogens (primary N) is 1. The average Bonchev–Trinajstić information content (AvgIpc) is 3.40. The number of hydrogen-bond acceptors (Lipinski definition) is 4. The number of thiophene rings is 2. The summed E-state index contributed by atoms with van der Waals surface area (Å²) >= 11 is 3.07. The van der Waals surface area contributed by atoms with Crippen LogP contribution in [0.25, 0.3) is 0 Å². The predicted octanol–water partition coefficient (Wildman–Crippen LogP) is 4.49. The van der Waals surface area contributed by atoms with E-state index in [4.69, 9.17) is 5.26 Å². The zero-order valence-electron chi connectivity index (χ0n) is 16.0. The van der Waals surface area contributed by atoms with Gasteiger partial charge < -0.3 is 10.6 Å². The summed E-state index contributed by atoms with van der Waals surface area (Å²) in [6.45, 7) is 4.73. The molecular formula is C22H24N3OS2+. The molecule has 28 heavy (non-hydrogen) atoms. The molecule has 3 aromatic rings. The van der Waals surface area contributed by atoms with Crippen LogP contribution < -0.4 is 10.6 Å². The fourth-order valence-electron chi connectivity index (χ4n) is 3.05. The SMILES string of the molecule is CC[C@H](C)c1ccc([C@H]([NH2+]CC(=O)Nc2sccc2C#N)c2cccs2)cc1. The van der Waals surface area contributed by atoms with Crippen molar-refractivity contribution in [3.8, 4) is 6.07 Å². The van der Waals surface area contributed by atoms with Crippen molar-refractivity contribution in [1.82, 2.24) is 0 Å². The van der Waals surface area contributed by atoms with Gasteiger partial charge in [0.15, 0.2) is 6.54 Å². The predicted molar refractivity (Wildman–Crippen MR) is 116 cm³/mol. The van der Waals surface area contributed by atoms with E-state index in [1.54, 1.807) is 17.4 Å². The first-order valence-corrected chi connectivity index (χ1v) is 11.1. The lowest BCUT2D eigenvalue weighted by Crippen LogP contribution is -2.87. The molecule has 2 aromatic heterocycles. The Balaban J connectivity index is 1.71. The maximum absolute atomic E-state index is 12.4. The van der Waals surface area contributed by atoms with Crippen molar-refractivity contribution in [2.75, 3.05) is 11.9 Å². The third kappa shape index (κ3) is 4.87. The van der Waals surface area contributed by atoms with Crippen molar-refractivity contribution in [3.63, 3.8) is 0 Å². The molecule has 0 radical (unpaired) electrons. The van der Waals surface area contributed by atoms with Crippen molar-refractivity contribution in [1.29, 1.82) is 5.26 Å². The molecule has 0 unspecified atom stereocenters. The lowest BCUT2D eigenvalue weighted by molar-refractivity contribution is -0.675. The van der Waals surface area contributed by atoms with Crippen molar-refractivity contribution in [3.05, 3.63) is 74.8 Å². The smallest absolute Gasteiger partial charge is 0.280 e. The Bertz CT molecular complexity index is 939. The molecule has 0 aliphatic heterocycles. The third-order valence-electron chi connectivity index (χ3n) is 4.90. The average molecular weight is 411 g/mol. The van der Waals surface area contributed by atoms with Gasteiger partial charge in [0.05, 0.1) is 10.4 Å². The summed E-state index contributed by atoms with van der Waals surface area (Å²) in [5.41, 5.74) is 3.04. The lowest BCUT2D eigenvalue weighted by Gasteiger charge is -2.16. The lowest BCUT2D eigenvalue weighted by atomic mass is 9.95. The monoisotopic (exact) mass is 410 g/mol. The highest BCUT2D eigenvalue weighted by molar-refractivity contribution is 7.14. The Labute approximate surface area is 173 Å². The first-order chi connectivity index (χ1) is 13.6. The normalized spacial score (nSPS) is 12.9. The van der Waals surface area contributed by atoms with Crippen molar-refractivity contribution < 1.29 is 10.1 Å². The van der Waals surface area contributed by atoms with Crippen molar-refractivity contribution in [2.45, 2.75) is 32.2 Å². The minimum atomic E-state index is -0.100. The van der Waals surface area contributed by atoms with Gasteiger partial charge in [0.2, 0.25) is 0 Å². The summed E-state index contributed by atoms with van der Waals surface area (Å²) in [5.74, 6) is 0.445. The van der Waals surface area contributed by atoms with E-state index in [-0.39, 0.29) is 11.9 Å². The van der Waals surface area contributed by atoms with Crippen LogP contribution in [0.4, 0.5) is 5.00 Å². The maximum atomic E-state index is 12.4. The second kappa shape index (κ2) is 9.65. The van der Waals surface area contributed by atoms with Crippen LogP contribution in [0.2, 0.25) is 0 Å². The second-order valence-electron chi connectivity index (χ2n) is 6.73. The van der Waals surface area contributed by atoms with Gasteiger partial charge in [-0.3, -0.25) is 4.79 Å². The quantitative estimate of drug-likeness (QED) is 0.575. The molecule has 4 nitrogen and oxygen atoms in total. The molecule has 2 heterocycles. The van der Waals surface area contributed by atoms with Gasteiger partial charge in [-0.1, -0.05) is 44.2 Å². The van der Waals surface area contributed by atoms with Gasteiger partial charge in [-0.05, 0) is 40.8 Å². The standard InChI is InChI=1S/C22H23N3OS2/c1-3-15(2)16-6-8-17(9-7-16)21(19-5-4-11-27-19)24-14-20(26)25-22-18(13-23)10-12-28-22/h4-12,15,21,24H,3,14H2,1-2H3,(H,25,26)/p+1/t15-,21-/m0/s1. The number of anilines is 1. The highest BCUT2D eigenvalue weighted by Crippen LogP contribution is 2.26. The van der Waals surface area contributed by atoms with Gasteiger partial charge in [-0.2, -0.15) is 5.26 Å². The molecule has 0 aliphatic carbocycles. The molecule has 2 atom stereocenters. The van der Waals surface area contributed by atoms with E-state index in [2.05, 4.69) is 66.3 Å². The Morgan fingerprint density at radius 3 is 2.54 bits per heavy atom. The summed E-state index contributed by atoms with van der Waals surface area (Å²) in [4.78, 5) is 13.6. The van der Waals surface area contributed by atoms with Gasteiger partial charge in [0.1, 0.15) is 17.1 Å². The molecule has 1 amide bonds. The molecule has 0 aliphatic rings. The number of rotatable bonds is 8. The van der Waals surface area contributed by atoms with Crippen LogP contribution in [0.15, 0.2) is 53.2 Å². The molecule has 144 valence electrons. The van der Waals surface area contributed by atoms with Crippen LogP contribution in [0.5, 0.6) is 0 Å². The number of nitrogens with zero attached hydrogens (tertiary/aromatic N) is 1. The van der Waals surface area contributed by atoms with Crippen LogP contribution in [0.3, 0.4) is 0 Å². The minimum absolute atomic E-state index is 0.0792. The molecule has 0 bridgehead atoms. The van der Waals surface area contributed by atoms with E-state index in [9.17, 15) is 4.79 Å². The number of quaternary nitrogens is 1. The largest absolute Gasteiger partial charge is 0.328 e. The maximum Gasteiger partial charge on any atom is 0.280 e. The molecule has 3 N–H and O–H groups in total. The minimum Gasteiger partial charge on any atom is -0.328 e. The van der Waals surface area contributed by atoms with Gasteiger partial charge in [-0.25, -0.2) is 0 Å². The van der Waals surface area contributed by atoms with Crippen LogP contribution in [-0.2, 0) is 4.79 Å². The number of carbonyl (C=O) groups is 1. The van der Waals surface area contributed by atoms with Crippen LogP contribution in [-0.4, -0.2) is 12.5 Å². The van der Waals surface area contributed by atoms with Gasteiger partial charge in [0.25, 0.3) is 5.91 Å².